The number of aromatic nitrogens is 1. The maximum Gasteiger partial charge on any atom is 0.255 e. The quantitative estimate of drug-likeness (QED) is 0.706. The van der Waals surface area contributed by atoms with Crippen LogP contribution in [0.1, 0.15) is 30.1 Å². The average molecular weight is 291 g/mol. The van der Waals surface area contributed by atoms with Gasteiger partial charge >= 0.3 is 0 Å². The van der Waals surface area contributed by atoms with Gasteiger partial charge in [-0.25, -0.2) is 4.98 Å². The molecule has 2 amide bonds. The molecule has 0 aliphatic carbocycles. The van der Waals surface area contributed by atoms with E-state index in [0.717, 1.165) is 0 Å². The van der Waals surface area contributed by atoms with Crippen molar-refractivity contribution in [2.75, 3.05) is 25.4 Å². The molecule has 1 fully saturated rings. The van der Waals surface area contributed by atoms with E-state index in [4.69, 9.17) is 11.5 Å². The molecule has 5 N–H and O–H groups in total. The van der Waals surface area contributed by atoms with Gasteiger partial charge in [0.1, 0.15) is 11.4 Å². The summed E-state index contributed by atoms with van der Waals surface area (Å²) in [5.41, 5.74) is 10.8. The zero-order valence-corrected chi connectivity index (χ0v) is 12.1. The number of likely N-dealkylation sites (N-methyl/N-ethyl adjacent to an activating group) is 1. The molecule has 0 atom stereocenters. The summed E-state index contributed by atoms with van der Waals surface area (Å²) in [7, 11) is 0. The minimum Gasteiger partial charge on any atom is -0.384 e. The second-order valence-corrected chi connectivity index (χ2v) is 5.24. The lowest BCUT2D eigenvalue weighted by atomic mass is 9.86. The van der Waals surface area contributed by atoms with E-state index in [1.54, 1.807) is 17.0 Å². The van der Waals surface area contributed by atoms with Crippen LogP contribution in [0.5, 0.6) is 0 Å². The van der Waals surface area contributed by atoms with Crippen molar-refractivity contribution in [2.24, 2.45) is 5.73 Å². The molecule has 1 aromatic rings. The van der Waals surface area contributed by atoms with Crippen LogP contribution >= 0.6 is 0 Å². The largest absolute Gasteiger partial charge is 0.384 e. The first-order valence-corrected chi connectivity index (χ1v) is 7.04. The van der Waals surface area contributed by atoms with Gasteiger partial charge in [-0.1, -0.05) is 6.92 Å². The van der Waals surface area contributed by atoms with Crippen molar-refractivity contribution in [3.8, 4) is 0 Å². The third kappa shape index (κ3) is 3.13. The number of likely N-dealkylation sites (tertiary alicyclic amines) is 1. The highest BCUT2D eigenvalue weighted by atomic mass is 16.2. The smallest absolute Gasteiger partial charge is 0.255 e. The maximum absolute atomic E-state index is 12.4. The van der Waals surface area contributed by atoms with Crippen molar-refractivity contribution in [2.45, 2.75) is 25.3 Å². The molecule has 2 rings (SSSR count). The van der Waals surface area contributed by atoms with Gasteiger partial charge in [0.05, 0.1) is 5.56 Å². The van der Waals surface area contributed by atoms with Crippen LogP contribution in [0.15, 0.2) is 18.3 Å². The highest BCUT2D eigenvalue weighted by Crippen LogP contribution is 2.23. The van der Waals surface area contributed by atoms with Crippen LogP contribution in [0.25, 0.3) is 0 Å². The van der Waals surface area contributed by atoms with Gasteiger partial charge in [-0.2, -0.15) is 0 Å². The summed E-state index contributed by atoms with van der Waals surface area (Å²) < 4.78 is 0. The summed E-state index contributed by atoms with van der Waals surface area (Å²) in [5.74, 6) is -0.0762. The average Bonchev–Trinajstić information content (AvgIpc) is 2.48. The predicted octanol–water partition coefficient (Wildman–Crippen LogP) is -0.267. The predicted molar refractivity (Wildman–Crippen MR) is 79.4 cm³/mol. The lowest BCUT2D eigenvalue weighted by Crippen LogP contribution is -2.61. The standard InChI is InChI=1S/C14H21N5O2/c1-2-18-14(13(16)21)5-7-19(8-6-14)12(20)10-3-4-11(15)17-9-10/h3-4,9,18H,2,5-8H2,1H3,(H2,15,17)(H2,16,21). The van der Waals surface area contributed by atoms with Gasteiger partial charge < -0.3 is 21.7 Å². The molecular formula is C14H21N5O2. The highest BCUT2D eigenvalue weighted by Gasteiger charge is 2.40. The molecule has 0 unspecified atom stereocenters. The monoisotopic (exact) mass is 291 g/mol. The molecule has 0 bridgehead atoms. The molecule has 0 aromatic carbocycles. The van der Waals surface area contributed by atoms with Gasteiger partial charge in [-0.15, -0.1) is 0 Å². The molecule has 1 aromatic heterocycles. The van der Waals surface area contributed by atoms with Gasteiger partial charge in [0.15, 0.2) is 0 Å². The van der Waals surface area contributed by atoms with E-state index in [9.17, 15) is 9.59 Å². The normalized spacial score (nSPS) is 17.5. The fraction of sp³-hybridized carbons (Fsp3) is 0.500. The minimum atomic E-state index is -0.703. The van der Waals surface area contributed by atoms with Gasteiger partial charge in [-0.05, 0) is 31.5 Å². The number of amides is 2. The van der Waals surface area contributed by atoms with E-state index in [1.807, 2.05) is 6.92 Å². The number of primary amides is 1. The Labute approximate surface area is 123 Å². The molecule has 1 aliphatic rings. The molecular weight excluding hydrogens is 270 g/mol. The van der Waals surface area contributed by atoms with Crippen LogP contribution in [-0.2, 0) is 4.79 Å². The van der Waals surface area contributed by atoms with E-state index in [-0.39, 0.29) is 11.8 Å². The molecule has 1 aliphatic heterocycles. The first kappa shape index (κ1) is 15.2. The topological polar surface area (TPSA) is 114 Å². The van der Waals surface area contributed by atoms with Crippen molar-refractivity contribution in [3.05, 3.63) is 23.9 Å². The van der Waals surface area contributed by atoms with Crippen molar-refractivity contribution in [3.63, 3.8) is 0 Å². The fourth-order valence-electron chi connectivity index (χ4n) is 2.65. The number of carbonyl (C=O) groups is 2. The second kappa shape index (κ2) is 6.09. The van der Waals surface area contributed by atoms with Crippen molar-refractivity contribution in [1.29, 1.82) is 0 Å². The third-order valence-electron chi connectivity index (χ3n) is 3.92. The van der Waals surface area contributed by atoms with Gasteiger partial charge in [0.25, 0.3) is 5.91 Å². The van der Waals surface area contributed by atoms with E-state index >= 15 is 0 Å². The SMILES string of the molecule is CCNC1(C(N)=O)CCN(C(=O)c2ccc(N)nc2)CC1. The van der Waals surface area contributed by atoms with Crippen LogP contribution in [0, 0.1) is 0 Å². The molecule has 0 spiro atoms. The maximum atomic E-state index is 12.4. The van der Waals surface area contributed by atoms with Crippen molar-refractivity contribution >= 4 is 17.6 Å². The minimum absolute atomic E-state index is 0.0999. The molecule has 7 nitrogen and oxygen atoms in total. The molecule has 21 heavy (non-hydrogen) atoms. The Kier molecular flexibility index (Phi) is 4.42. The number of nitrogens with two attached hydrogens (primary N) is 2. The summed E-state index contributed by atoms with van der Waals surface area (Å²) in [6.07, 6.45) is 2.51. The van der Waals surface area contributed by atoms with Crippen LogP contribution in [0.2, 0.25) is 0 Å². The zero-order chi connectivity index (χ0) is 15.5. The Bertz CT molecular complexity index is 521. The summed E-state index contributed by atoms with van der Waals surface area (Å²) in [4.78, 5) is 29.7. The fourth-order valence-corrected chi connectivity index (χ4v) is 2.65. The third-order valence-corrected chi connectivity index (χ3v) is 3.92. The van der Waals surface area contributed by atoms with Gasteiger partial charge in [0.2, 0.25) is 5.91 Å². The second-order valence-electron chi connectivity index (χ2n) is 5.24. The summed E-state index contributed by atoms with van der Waals surface area (Å²) >= 11 is 0. The zero-order valence-electron chi connectivity index (χ0n) is 12.1. The number of nitrogens with one attached hydrogen (secondary N) is 1. The van der Waals surface area contributed by atoms with Crippen LogP contribution < -0.4 is 16.8 Å². The van der Waals surface area contributed by atoms with E-state index in [2.05, 4.69) is 10.3 Å². The molecule has 2 heterocycles. The number of nitrogen functional groups attached to an aromatic ring is 1. The van der Waals surface area contributed by atoms with Crippen molar-refractivity contribution < 1.29 is 9.59 Å². The number of rotatable bonds is 4. The Morgan fingerprint density at radius 3 is 2.52 bits per heavy atom. The Hall–Kier alpha value is -2.15. The number of carbonyl (C=O) groups excluding carboxylic acids is 2. The number of pyridine rings is 1. The van der Waals surface area contributed by atoms with E-state index in [1.165, 1.54) is 6.20 Å². The summed E-state index contributed by atoms with van der Waals surface area (Å²) in [6.45, 7) is 3.57. The number of nitrogens with zero attached hydrogens (tertiary/aromatic N) is 2. The lowest BCUT2D eigenvalue weighted by molar-refractivity contribution is -0.126. The number of anilines is 1. The highest BCUT2D eigenvalue weighted by molar-refractivity contribution is 5.94. The molecule has 114 valence electrons. The summed E-state index contributed by atoms with van der Waals surface area (Å²) in [6, 6.07) is 3.26. The molecule has 0 saturated carbocycles. The number of piperidine rings is 1. The van der Waals surface area contributed by atoms with E-state index in [0.29, 0.717) is 43.9 Å². The van der Waals surface area contributed by atoms with Crippen molar-refractivity contribution in [1.82, 2.24) is 15.2 Å². The number of hydrogen-bond acceptors (Lipinski definition) is 5. The molecule has 1 saturated heterocycles. The van der Waals surface area contributed by atoms with Gasteiger partial charge in [-0.3, -0.25) is 9.59 Å². The van der Waals surface area contributed by atoms with E-state index < -0.39 is 5.54 Å². The van der Waals surface area contributed by atoms with Gasteiger partial charge in [0, 0.05) is 19.3 Å². The van der Waals surface area contributed by atoms with Crippen LogP contribution in [-0.4, -0.2) is 46.9 Å². The molecule has 7 heteroatoms. The molecule has 0 radical (unpaired) electrons. The Balaban J connectivity index is 2.04. The number of hydrogen-bond donors (Lipinski definition) is 3. The first-order chi connectivity index (χ1) is 9.98. The van der Waals surface area contributed by atoms with Crippen LogP contribution in [0.3, 0.4) is 0 Å². The Morgan fingerprint density at radius 2 is 2.05 bits per heavy atom. The first-order valence-electron chi connectivity index (χ1n) is 7.04. The lowest BCUT2D eigenvalue weighted by Gasteiger charge is -2.40. The van der Waals surface area contributed by atoms with Crippen LogP contribution in [0.4, 0.5) is 5.82 Å². The Morgan fingerprint density at radius 1 is 1.38 bits per heavy atom. The summed E-state index contributed by atoms with van der Waals surface area (Å²) in [5, 5.41) is 3.16.